The molecule has 0 aliphatic carbocycles. The van der Waals surface area contributed by atoms with Crippen LogP contribution >= 0.6 is 0 Å². The quantitative estimate of drug-likeness (QED) is 0.140. The van der Waals surface area contributed by atoms with Crippen LogP contribution in [0.25, 0.3) is 22.2 Å². The fourth-order valence-electron chi connectivity index (χ4n) is 4.92. The molecule has 0 spiro atoms. The summed E-state index contributed by atoms with van der Waals surface area (Å²) in [5.74, 6) is -0.498. The molecule has 2 aromatic carbocycles. The lowest BCUT2D eigenvalue weighted by Crippen LogP contribution is -2.33. The standard InChI is InChI=1S/C35H43N5O5/c1-23(13-8-9-20-37-33(43)45-35(5,6)7)40-29-27(26-16-12-19-36-22-26)17-11-18-28(29)38-32(40)39-30(41)24-14-10-15-25(21-24)31(42)44-34(2,3)4/h10-12,14-19,21-23H,8-9,13,20H2,1-7H3,(H,37,43)(H,38,39,41). The molecule has 2 N–H and O–H groups in total. The zero-order chi connectivity index (χ0) is 32.8. The Labute approximate surface area is 264 Å². The number of alkyl carbamates (subject to hydrolysis) is 1. The van der Waals surface area contributed by atoms with Gasteiger partial charge in [-0.3, -0.25) is 15.1 Å². The van der Waals surface area contributed by atoms with Gasteiger partial charge in [0.1, 0.15) is 11.2 Å². The number of fused-ring (bicyclic) bond motifs is 1. The van der Waals surface area contributed by atoms with Crippen LogP contribution in [0.1, 0.15) is 94.5 Å². The fourth-order valence-corrected chi connectivity index (χ4v) is 4.92. The summed E-state index contributed by atoms with van der Waals surface area (Å²) < 4.78 is 12.9. The normalized spacial score (nSPS) is 12.4. The third-order valence-corrected chi connectivity index (χ3v) is 6.83. The van der Waals surface area contributed by atoms with Gasteiger partial charge >= 0.3 is 12.1 Å². The molecule has 0 saturated carbocycles. The third-order valence-electron chi connectivity index (χ3n) is 6.83. The Hall–Kier alpha value is -4.73. The van der Waals surface area contributed by atoms with E-state index in [1.807, 2.05) is 51.1 Å². The van der Waals surface area contributed by atoms with Gasteiger partial charge in [-0.25, -0.2) is 14.6 Å². The SMILES string of the molecule is CC(CCCCNC(=O)OC(C)(C)C)n1c(NC(=O)c2cccc(C(=O)OC(C)(C)C)c2)nc2cccc(-c3cccnc3)c21. The Morgan fingerprint density at radius 1 is 0.889 bits per heavy atom. The molecule has 2 heterocycles. The van der Waals surface area contributed by atoms with Gasteiger partial charge in [0.15, 0.2) is 0 Å². The lowest BCUT2D eigenvalue weighted by molar-refractivity contribution is 0.00691. The van der Waals surface area contributed by atoms with Crippen molar-refractivity contribution in [2.45, 2.75) is 85.0 Å². The van der Waals surface area contributed by atoms with Gasteiger partial charge in [0.25, 0.3) is 5.91 Å². The highest BCUT2D eigenvalue weighted by Gasteiger charge is 2.23. The van der Waals surface area contributed by atoms with Crippen molar-refractivity contribution in [3.63, 3.8) is 0 Å². The van der Waals surface area contributed by atoms with E-state index in [0.717, 1.165) is 41.4 Å². The lowest BCUT2D eigenvalue weighted by atomic mass is 10.0. The number of hydrogen-bond donors (Lipinski definition) is 2. The summed E-state index contributed by atoms with van der Waals surface area (Å²) in [6.45, 7) is 13.5. The van der Waals surface area contributed by atoms with E-state index in [1.54, 1.807) is 51.4 Å². The summed E-state index contributed by atoms with van der Waals surface area (Å²) in [5, 5.41) is 5.81. The first-order valence-electron chi connectivity index (χ1n) is 15.2. The van der Waals surface area contributed by atoms with Crippen LogP contribution in [0.4, 0.5) is 10.7 Å². The number of unbranched alkanes of at least 4 members (excludes halogenated alkanes) is 1. The van der Waals surface area contributed by atoms with E-state index in [4.69, 9.17) is 14.5 Å². The number of ether oxygens (including phenoxy) is 2. The van der Waals surface area contributed by atoms with Crippen LogP contribution in [-0.2, 0) is 9.47 Å². The van der Waals surface area contributed by atoms with Crippen LogP contribution in [0.3, 0.4) is 0 Å². The number of anilines is 1. The second-order valence-electron chi connectivity index (χ2n) is 13.0. The minimum absolute atomic E-state index is 0.0576. The Balaban J connectivity index is 1.60. The molecule has 0 aliphatic heterocycles. The van der Waals surface area contributed by atoms with Crippen molar-refractivity contribution in [3.8, 4) is 11.1 Å². The Morgan fingerprint density at radius 2 is 1.60 bits per heavy atom. The van der Waals surface area contributed by atoms with Gasteiger partial charge in [0.2, 0.25) is 5.95 Å². The van der Waals surface area contributed by atoms with Crippen LogP contribution in [-0.4, -0.2) is 50.3 Å². The molecule has 1 unspecified atom stereocenters. The van der Waals surface area contributed by atoms with E-state index in [-0.39, 0.29) is 6.04 Å². The number of hydrogen-bond acceptors (Lipinski definition) is 7. The highest BCUT2D eigenvalue weighted by molar-refractivity contribution is 6.06. The van der Waals surface area contributed by atoms with Gasteiger partial charge < -0.3 is 19.4 Å². The van der Waals surface area contributed by atoms with E-state index in [1.165, 1.54) is 6.07 Å². The molecule has 4 rings (SSSR count). The smallest absolute Gasteiger partial charge is 0.407 e. The van der Waals surface area contributed by atoms with Gasteiger partial charge in [0, 0.05) is 41.7 Å². The van der Waals surface area contributed by atoms with Crippen molar-refractivity contribution in [3.05, 3.63) is 78.1 Å². The molecule has 10 nitrogen and oxygen atoms in total. The number of imidazole rings is 1. The minimum Gasteiger partial charge on any atom is -0.456 e. The summed E-state index contributed by atoms with van der Waals surface area (Å²) >= 11 is 0. The van der Waals surface area contributed by atoms with Gasteiger partial charge in [-0.1, -0.05) is 24.3 Å². The van der Waals surface area contributed by atoms with Crippen LogP contribution in [0.2, 0.25) is 0 Å². The minimum atomic E-state index is -0.659. The van der Waals surface area contributed by atoms with E-state index >= 15 is 0 Å². The fraction of sp³-hybridized carbons (Fsp3) is 0.400. The number of para-hydroxylation sites is 1. The van der Waals surface area contributed by atoms with Crippen molar-refractivity contribution >= 4 is 35.0 Å². The summed E-state index contributed by atoms with van der Waals surface area (Å²) in [7, 11) is 0. The molecule has 45 heavy (non-hydrogen) atoms. The molecule has 0 aliphatic rings. The molecule has 238 valence electrons. The third kappa shape index (κ3) is 9.14. The highest BCUT2D eigenvalue weighted by atomic mass is 16.6. The van der Waals surface area contributed by atoms with Gasteiger partial charge in [0.05, 0.1) is 16.6 Å². The molecule has 0 fully saturated rings. The molecule has 0 radical (unpaired) electrons. The summed E-state index contributed by atoms with van der Waals surface area (Å²) in [4.78, 5) is 47.4. The molecular formula is C35H43N5O5. The highest BCUT2D eigenvalue weighted by Crippen LogP contribution is 2.34. The predicted octanol–water partition coefficient (Wildman–Crippen LogP) is 7.56. The molecule has 2 amide bonds. The number of esters is 1. The Morgan fingerprint density at radius 3 is 2.29 bits per heavy atom. The number of amides is 2. The first kappa shape index (κ1) is 33.2. The maximum absolute atomic E-state index is 13.6. The Kier molecular flexibility index (Phi) is 10.3. The van der Waals surface area contributed by atoms with Crippen molar-refractivity contribution in [2.75, 3.05) is 11.9 Å². The second-order valence-corrected chi connectivity index (χ2v) is 13.0. The molecular weight excluding hydrogens is 570 g/mol. The zero-order valence-electron chi connectivity index (χ0n) is 27.1. The van der Waals surface area contributed by atoms with E-state index in [2.05, 4.69) is 27.1 Å². The van der Waals surface area contributed by atoms with Crippen LogP contribution in [0.5, 0.6) is 0 Å². The molecule has 10 heteroatoms. The first-order valence-corrected chi connectivity index (χ1v) is 15.2. The predicted molar refractivity (Wildman–Crippen MR) is 175 cm³/mol. The molecule has 1 atom stereocenters. The number of nitrogens with zero attached hydrogens (tertiary/aromatic N) is 3. The number of rotatable bonds is 10. The number of aromatic nitrogens is 3. The lowest BCUT2D eigenvalue weighted by Gasteiger charge is -2.21. The largest absolute Gasteiger partial charge is 0.456 e. The number of nitrogens with one attached hydrogen (secondary N) is 2. The van der Waals surface area contributed by atoms with Gasteiger partial charge in [-0.2, -0.15) is 0 Å². The Bertz CT molecular complexity index is 1650. The van der Waals surface area contributed by atoms with Gasteiger partial charge in [-0.05, 0) is 98.1 Å². The number of pyridine rings is 1. The van der Waals surface area contributed by atoms with E-state index in [9.17, 15) is 14.4 Å². The maximum Gasteiger partial charge on any atom is 0.407 e. The number of carbonyl (C=O) groups excluding carboxylic acids is 3. The van der Waals surface area contributed by atoms with Crippen molar-refractivity contribution in [1.82, 2.24) is 19.9 Å². The first-order chi connectivity index (χ1) is 21.2. The average molecular weight is 614 g/mol. The van der Waals surface area contributed by atoms with Gasteiger partial charge in [-0.15, -0.1) is 0 Å². The van der Waals surface area contributed by atoms with Crippen molar-refractivity contribution < 1.29 is 23.9 Å². The van der Waals surface area contributed by atoms with Crippen LogP contribution < -0.4 is 10.6 Å². The summed E-state index contributed by atoms with van der Waals surface area (Å²) in [6, 6.07) is 16.2. The molecule has 0 saturated heterocycles. The zero-order valence-corrected chi connectivity index (χ0v) is 27.1. The summed E-state index contributed by atoms with van der Waals surface area (Å²) in [6.07, 6.45) is 5.44. The van der Waals surface area contributed by atoms with E-state index < -0.39 is 29.2 Å². The van der Waals surface area contributed by atoms with E-state index in [0.29, 0.717) is 23.6 Å². The summed E-state index contributed by atoms with van der Waals surface area (Å²) in [5.41, 5.74) is 2.87. The molecule has 4 aromatic rings. The molecule has 0 bridgehead atoms. The van der Waals surface area contributed by atoms with Crippen molar-refractivity contribution in [2.24, 2.45) is 0 Å². The topological polar surface area (TPSA) is 124 Å². The molecule has 2 aromatic heterocycles. The number of carbonyl (C=O) groups is 3. The maximum atomic E-state index is 13.6. The second kappa shape index (κ2) is 13.9. The van der Waals surface area contributed by atoms with Crippen LogP contribution in [0, 0.1) is 0 Å². The van der Waals surface area contributed by atoms with Crippen molar-refractivity contribution in [1.29, 1.82) is 0 Å². The number of benzene rings is 2. The van der Waals surface area contributed by atoms with Crippen LogP contribution in [0.15, 0.2) is 67.0 Å². The monoisotopic (exact) mass is 613 g/mol. The average Bonchev–Trinajstić information content (AvgIpc) is 3.33.